The van der Waals surface area contributed by atoms with E-state index in [4.69, 9.17) is 13.9 Å². The molecule has 0 saturated heterocycles. The number of hydrogen-bond acceptors (Lipinski definition) is 5. The Morgan fingerprint density at radius 1 is 1.14 bits per heavy atom. The summed E-state index contributed by atoms with van der Waals surface area (Å²) in [5.41, 5.74) is 1.19. The van der Waals surface area contributed by atoms with Gasteiger partial charge in [0.05, 0.1) is 12.7 Å². The van der Waals surface area contributed by atoms with Crippen LogP contribution in [0.3, 0.4) is 0 Å². The standard InChI is InChI=1S/C17H14O5/c1-10(18)21-17-9-13(20-2)5-6-14(17)16-7-11-3-4-12(19)8-15(11)22-16/h3-9,19H,1-2H3. The molecule has 0 bridgehead atoms. The normalized spacial score (nSPS) is 10.6. The average molecular weight is 298 g/mol. The van der Waals surface area contributed by atoms with Crippen molar-refractivity contribution in [2.24, 2.45) is 0 Å². The molecular formula is C17H14O5. The van der Waals surface area contributed by atoms with E-state index < -0.39 is 5.97 Å². The summed E-state index contributed by atoms with van der Waals surface area (Å²) in [5, 5.41) is 10.4. The lowest BCUT2D eigenvalue weighted by Crippen LogP contribution is -2.02. The molecular weight excluding hydrogens is 284 g/mol. The molecule has 5 heteroatoms. The summed E-state index contributed by atoms with van der Waals surface area (Å²) in [7, 11) is 1.54. The minimum absolute atomic E-state index is 0.128. The number of fused-ring (bicyclic) bond motifs is 1. The van der Waals surface area contributed by atoms with E-state index in [1.165, 1.54) is 20.1 Å². The molecule has 0 aliphatic heterocycles. The number of rotatable bonds is 3. The van der Waals surface area contributed by atoms with Crippen molar-refractivity contribution in [1.82, 2.24) is 0 Å². The van der Waals surface area contributed by atoms with Crippen molar-refractivity contribution in [3.05, 3.63) is 42.5 Å². The van der Waals surface area contributed by atoms with Crippen LogP contribution in [-0.2, 0) is 4.79 Å². The number of benzene rings is 2. The van der Waals surface area contributed by atoms with E-state index >= 15 is 0 Å². The third kappa shape index (κ3) is 2.61. The van der Waals surface area contributed by atoms with Crippen LogP contribution in [0.2, 0.25) is 0 Å². The van der Waals surface area contributed by atoms with Crippen LogP contribution >= 0.6 is 0 Å². The number of esters is 1. The van der Waals surface area contributed by atoms with Crippen molar-refractivity contribution in [2.75, 3.05) is 7.11 Å². The van der Waals surface area contributed by atoms with Gasteiger partial charge in [-0.1, -0.05) is 0 Å². The van der Waals surface area contributed by atoms with Gasteiger partial charge in [-0.2, -0.15) is 0 Å². The lowest BCUT2D eigenvalue weighted by atomic mass is 10.1. The second-order valence-corrected chi connectivity index (χ2v) is 4.79. The molecule has 0 atom stereocenters. The predicted molar refractivity (Wildman–Crippen MR) is 81.2 cm³/mol. The number of methoxy groups -OCH3 is 1. The first-order chi connectivity index (χ1) is 10.6. The first kappa shape index (κ1) is 14.0. The molecule has 1 aromatic heterocycles. The van der Waals surface area contributed by atoms with E-state index in [1.54, 1.807) is 30.3 Å². The number of carbonyl (C=O) groups excluding carboxylic acids is 1. The zero-order valence-corrected chi connectivity index (χ0v) is 12.1. The molecule has 0 radical (unpaired) electrons. The minimum Gasteiger partial charge on any atom is -0.508 e. The number of furan rings is 1. The van der Waals surface area contributed by atoms with E-state index in [9.17, 15) is 9.90 Å². The van der Waals surface area contributed by atoms with Gasteiger partial charge in [0.25, 0.3) is 0 Å². The molecule has 0 fully saturated rings. The van der Waals surface area contributed by atoms with Gasteiger partial charge in [-0.3, -0.25) is 4.79 Å². The van der Waals surface area contributed by atoms with E-state index in [0.29, 0.717) is 28.4 Å². The van der Waals surface area contributed by atoms with Gasteiger partial charge in [0.15, 0.2) is 0 Å². The number of aromatic hydroxyl groups is 1. The maximum Gasteiger partial charge on any atom is 0.308 e. The van der Waals surface area contributed by atoms with Crippen LogP contribution in [0.4, 0.5) is 0 Å². The summed E-state index contributed by atoms with van der Waals surface area (Å²) in [5.74, 6) is 1.18. The summed E-state index contributed by atoms with van der Waals surface area (Å²) in [6, 6.07) is 11.8. The van der Waals surface area contributed by atoms with Crippen molar-refractivity contribution in [3.8, 4) is 28.6 Å². The third-order valence-electron chi connectivity index (χ3n) is 3.21. The fraction of sp³-hybridized carbons (Fsp3) is 0.118. The highest BCUT2D eigenvalue weighted by atomic mass is 16.5. The van der Waals surface area contributed by atoms with E-state index in [1.807, 2.05) is 6.07 Å². The van der Waals surface area contributed by atoms with Gasteiger partial charge < -0.3 is 19.0 Å². The highest BCUT2D eigenvalue weighted by Gasteiger charge is 2.14. The number of carbonyl (C=O) groups is 1. The topological polar surface area (TPSA) is 68.9 Å². The second kappa shape index (κ2) is 5.44. The molecule has 2 aromatic carbocycles. The molecule has 1 N–H and O–H groups in total. The van der Waals surface area contributed by atoms with Gasteiger partial charge in [-0.25, -0.2) is 0 Å². The summed E-state index contributed by atoms with van der Waals surface area (Å²) >= 11 is 0. The molecule has 0 spiro atoms. The van der Waals surface area contributed by atoms with Gasteiger partial charge in [0.1, 0.15) is 28.6 Å². The fourth-order valence-corrected chi connectivity index (χ4v) is 2.23. The van der Waals surface area contributed by atoms with Crippen LogP contribution in [0.15, 0.2) is 46.9 Å². The van der Waals surface area contributed by atoms with Crippen molar-refractivity contribution in [3.63, 3.8) is 0 Å². The van der Waals surface area contributed by atoms with Crippen LogP contribution in [0.5, 0.6) is 17.2 Å². The highest BCUT2D eigenvalue weighted by Crippen LogP contribution is 2.37. The van der Waals surface area contributed by atoms with Gasteiger partial charge in [-0.15, -0.1) is 0 Å². The highest BCUT2D eigenvalue weighted by molar-refractivity contribution is 5.86. The van der Waals surface area contributed by atoms with Crippen molar-refractivity contribution < 1.29 is 23.8 Å². The molecule has 3 rings (SSSR count). The van der Waals surface area contributed by atoms with Gasteiger partial charge in [-0.05, 0) is 30.3 Å². The summed E-state index contributed by atoms with van der Waals surface area (Å²) in [4.78, 5) is 11.3. The maximum atomic E-state index is 11.3. The number of phenols is 1. The van der Waals surface area contributed by atoms with E-state index in [2.05, 4.69) is 0 Å². The number of phenolic OH excluding ortho intramolecular Hbond substituents is 1. The Bertz CT molecular complexity index is 847. The molecule has 0 amide bonds. The van der Waals surface area contributed by atoms with E-state index in [0.717, 1.165) is 5.39 Å². The van der Waals surface area contributed by atoms with Crippen LogP contribution in [-0.4, -0.2) is 18.2 Å². The largest absolute Gasteiger partial charge is 0.508 e. The Balaban J connectivity index is 2.13. The fourth-order valence-electron chi connectivity index (χ4n) is 2.23. The second-order valence-electron chi connectivity index (χ2n) is 4.79. The Labute approximate surface area is 126 Å². The predicted octanol–water partition coefficient (Wildman–Crippen LogP) is 3.74. The first-order valence-electron chi connectivity index (χ1n) is 6.66. The van der Waals surface area contributed by atoms with Crippen molar-refractivity contribution in [1.29, 1.82) is 0 Å². The molecule has 0 aliphatic rings. The summed E-state index contributed by atoms with van der Waals surface area (Å²) < 4.78 is 16.1. The first-order valence-corrected chi connectivity index (χ1v) is 6.66. The monoisotopic (exact) mass is 298 g/mol. The van der Waals surface area contributed by atoms with Crippen molar-refractivity contribution >= 4 is 16.9 Å². The SMILES string of the molecule is COc1ccc(-c2cc3ccc(O)cc3o2)c(OC(C)=O)c1. The lowest BCUT2D eigenvalue weighted by molar-refractivity contribution is -0.131. The number of hydrogen-bond donors (Lipinski definition) is 1. The van der Waals surface area contributed by atoms with Crippen LogP contribution in [0.25, 0.3) is 22.3 Å². The average Bonchev–Trinajstić information content (AvgIpc) is 2.89. The van der Waals surface area contributed by atoms with Crippen LogP contribution in [0.1, 0.15) is 6.92 Å². The quantitative estimate of drug-likeness (QED) is 0.589. The Morgan fingerprint density at radius 3 is 2.68 bits per heavy atom. The van der Waals surface area contributed by atoms with Crippen LogP contribution in [0, 0.1) is 0 Å². The smallest absolute Gasteiger partial charge is 0.308 e. The van der Waals surface area contributed by atoms with E-state index in [-0.39, 0.29) is 5.75 Å². The lowest BCUT2D eigenvalue weighted by Gasteiger charge is -2.08. The summed E-state index contributed by atoms with van der Waals surface area (Å²) in [6.45, 7) is 1.33. The Kier molecular flexibility index (Phi) is 3.47. The maximum absolute atomic E-state index is 11.3. The summed E-state index contributed by atoms with van der Waals surface area (Å²) in [6.07, 6.45) is 0. The zero-order valence-electron chi connectivity index (χ0n) is 12.1. The van der Waals surface area contributed by atoms with Gasteiger partial charge >= 0.3 is 5.97 Å². The van der Waals surface area contributed by atoms with Gasteiger partial charge in [0, 0.05) is 24.4 Å². The Morgan fingerprint density at radius 2 is 1.95 bits per heavy atom. The zero-order chi connectivity index (χ0) is 15.7. The molecule has 1 heterocycles. The van der Waals surface area contributed by atoms with Crippen molar-refractivity contribution in [2.45, 2.75) is 6.92 Å². The molecule has 3 aromatic rings. The molecule has 0 aliphatic carbocycles. The third-order valence-corrected chi connectivity index (χ3v) is 3.21. The van der Waals surface area contributed by atoms with Crippen LogP contribution < -0.4 is 9.47 Å². The molecule has 112 valence electrons. The molecule has 22 heavy (non-hydrogen) atoms. The minimum atomic E-state index is -0.428. The Hall–Kier alpha value is -2.95. The molecule has 0 unspecified atom stereocenters. The molecule has 5 nitrogen and oxygen atoms in total. The number of ether oxygens (including phenoxy) is 2. The van der Waals surface area contributed by atoms with Gasteiger partial charge in [0.2, 0.25) is 0 Å². The molecule has 0 saturated carbocycles.